The molecule has 10 heteroatoms. The number of nitrogens with one attached hydrogen (secondary N) is 3. The zero-order chi connectivity index (χ0) is 27.2. The smallest absolute Gasteiger partial charge is 0.265 e. The van der Waals surface area contributed by atoms with E-state index in [2.05, 4.69) is 49.8 Å². The fourth-order valence-corrected chi connectivity index (χ4v) is 5.11. The predicted octanol–water partition coefficient (Wildman–Crippen LogP) is 7.21. The van der Waals surface area contributed by atoms with Crippen molar-refractivity contribution in [2.45, 2.75) is 38.9 Å². The Balaban J connectivity index is 1.62. The highest BCUT2D eigenvalue weighted by Gasteiger charge is 2.36. The second kappa shape index (κ2) is 11.9. The lowest BCUT2D eigenvalue weighted by Gasteiger charge is -2.36. The second-order valence-electron chi connectivity index (χ2n) is 10.00. The van der Waals surface area contributed by atoms with Gasteiger partial charge in [0, 0.05) is 17.9 Å². The minimum atomic E-state index is -1.78. The molecule has 3 rings (SSSR count). The average Bonchev–Trinajstić information content (AvgIpc) is 3.28. The molecule has 2 aromatic carbocycles. The normalized spacial score (nSPS) is 11.5. The molecule has 37 heavy (non-hydrogen) atoms. The number of carbonyl (C=O) groups excluding carboxylic acids is 2. The molecule has 0 saturated carbocycles. The van der Waals surface area contributed by atoms with E-state index in [9.17, 15) is 14.9 Å². The summed E-state index contributed by atoms with van der Waals surface area (Å²) in [4.78, 5) is 26.1. The molecule has 0 spiro atoms. The molecule has 0 fully saturated rings. The van der Waals surface area contributed by atoms with Crippen molar-refractivity contribution < 1.29 is 14.0 Å². The van der Waals surface area contributed by atoms with Crippen molar-refractivity contribution in [3.05, 3.63) is 74.9 Å². The van der Waals surface area contributed by atoms with E-state index in [4.69, 9.17) is 16.0 Å². The van der Waals surface area contributed by atoms with Crippen LogP contribution in [0.15, 0.2) is 54.6 Å². The summed E-state index contributed by atoms with van der Waals surface area (Å²) in [6.45, 7) is 12.4. The fraction of sp³-hybridized carbons (Fsp3) is 0.296. The largest absolute Gasteiger partial charge is 0.415 e. The third kappa shape index (κ3) is 7.66. The minimum Gasteiger partial charge on any atom is -0.415 e. The number of carbonyl (C=O) groups is 2. The summed E-state index contributed by atoms with van der Waals surface area (Å²) in [7, 11) is -1.78. The van der Waals surface area contributed by atoms with Gasteiger partial charge in [0.2, 0.25) is 0 Å². The molecular weight excluding hydrogens is 524 g/mol. The molecule has 1 aromatic heterocycles. The molecular formula is C27H31ClN4O3SSi. The van der Waals surface area contributed by atoms with Gasteiger partial charge in [-0.1, -0.05) is 32.4 Å². The zero-order valence-corrected chi connectivity index (χ0v) is 24.1. The molecule has 0 aliphatic rings. The number of thiophene rings is 1. The molecule has 0 aliphatic carbocycles. The second-order valence-corrected chi connectivity index (χ2v) is 16.5. The Morgan fingerprint density at radius 1 is 1.00 bits per heavy atom. The van der Waals surface area contributed by atoms with Gasteiger partial charge >= 0.3 is 0 Å². The lowest BCUT2D eigenvalue weighted by atomic mass is 10.1. The number of hydrogen-bond donors (Lipinski definition) is 3. The first-order valence-electron chi connectivity index (χ1n) is 11.8. The topological polar surface area (TPSA) is 103 Å². The summed E-state index contributed by atoms with van der Waals surface area (Å²) in [6.07, 6.45) is 0. The van der Waals surface area contributed by atoms with Crippen LogP contribution in [0.4, 0.5) is 17.1 Å². The quantitative estimate of drug-likeness (QED) is 0.191. The average molecular weight is 555 g/mol. The van der Waals surface area contributed by atoms with Crippen molar-refractivity contribution in [2.24, 2.45) is 0 Å². The molecule has 2 amide bonds. The van der Waals surface area contributed by atoms with Gasteiger partial charge in [-0.2, -0.15) is 5.26 Å². The van der Waals surface area contributed by atoms with E-state index in [1.54, 1.807) is 24.3 Å². The maximum absolute atomic E-state index is 13.0. The molecule has 0 unspecified atom stereocenters. The Labute approximate surface area is 227 Å². The van der Waals surface area contributed by atoms with Gasteiger partial charge in [0.15, 0.2) is 8.32 Å². The van der Waals surface area contributed by atoms with E-state index in [1.165, 1.54) is 18.2 Å². The zero-order valence-electron chi connectivity index (χ0n) is 21.6. The third-order valence-electron chi connectivity index (χ3n) is 6.28. The molecule has 3 aromatic rings. The van der Waals surface area contributed by atoms with E-state index in [0.717, 1.165) is 17.0 Å². The van der Waals surface area contributed by atoms with Gasteiger partial charge in [-0.25, -0.2) is 0 Å². The Kier molecular flexibility index (Phi) is 9.15. The van der Waals surface area contributed by atoms with Gasteiger partial charge in [0.05, 0.1) is 38.7 Å². The highest BCUT2D eigenvalue weighted by molar-refractivity contribution is 7.18. The number of rotatable bonds is 9. The lowest BCUT2D eigenvalue weighted by Crippen LogP contribution is -2.41. The standard InChI is InChI=1S/C27H31ClN4O3SSi/c1-27(2,3)37(4,5)35-15-14-30-19-7-9-20(10-8-19)31-25(33)21-11-6-18(17-29)16-22(21)32-26(34)23-12-13-24(28)36-23/h6-13,16,30H,14-15H2,1-5H3,(H,31,33)(H,32,34). The first kappa shape index (κ1) is 28.4. The molecule has 0 bridgehead atoms. The maximum atomic E-state index is 13.0. The number of amides is 2. The molecule has 0 radical (unpaired) electrons. The van der Waals surface area contributed by atoms with Crippen LogP contribution in [0.3, 0.4) is 0 Å². The summed E-state index contributed by atoms with van der Waals surface area (Å²) >= 11 is 7.06. The Morgan fingerprint density at radius 3 is 2.27 bits per heavy atom. The molecule has 3 N–H and O–H groups in total. The van der Waals surface area contributed by atoms with E-state index in [1.807, 2.05) is 18.2 Å². The number of nitrogens with zero attached hydrogens (tertiary/aromatic N) is 1. The Hall–Kier alpha value is -3.16. The van der Waals surface area contributed by atoms with E-state index in [0.29, 0.717) is 33.6 Å². The maximum Gasteiger partial charge on any atom is 0.265 e. The van der Waals surface area contributed by atoms with Crippen molar-refractivity contribution >= 4 is 60.1 Å². The Bertz CT molecular complexity index is 1310. The number of hydrogen-bond acceptors (Lipinski definition) is 6. The third-order valence-corrected chi connectivity index (χ3v) is 12.0. The van der Waals surface area contributed by atoms with Gasteiger partial charge in [-0.05, 0) is 72.7 Å². The summed E-state index contributed by atoms with van der Waals surface area (Å²) in [5.74, 6) is -0.818. The summed E-state index contributed by atoms with van der Waals surface area (Å²) < 4.78 is 6.67. The van der Waals surface area contributed by atoms with Crippen LogP contribution in [-0.4, -0.2) is 33.3 Å². The van der Waals surface area contributed by atoms with Crippen LogP contribution in [0, 0.1) is 11.3 Å². The molecule has 7 nitrogen and oxygen atoms in total. The van der Waals surface area contributed by atoms with Crippen LogP contribution in [0.2, 0.25) is 22.5 Å². The minimum absolute atomic E-state index is 0.169. The first-order chi connectivity index (χ1) is 17.4. The van der Waals surface area contributed by atoms with Crippen molar-refractivity contribution in [1.82, 2.24) is 0 Å². The van der Waals surface area contributed by atoms with Crippen molar-refractivity contribution in [2.75, 3.05) is 29.1 Å². The molecule has 194 valence electrons. The van der Waals surface area contributed by atoms with Crippen LogP contribution >= 0.6 is 22.9 Å². The van der Waals surface area contributed by atoms with Crippen LogP contribution in [-0.2, 0) is 4.43 Å². The monoisotopic (exact) mass is 554 g/mol. The van der Waals surface area contributed by atoms with Gasteiger partial charge in [-0.3, -0.25) is 9.59 Å². The van der Waals surface area contributed by atoms with Gasteiger partial charge in [-0.15, -0.1) is 11.3 Å². The van der Waals surface area contributed by atoms with Gasteiger partial charge in [0.1, 0.15) is 0 Å². The number of anilines is 3. The first-order valence-corrected chi connectivity index (χ1v) is 15.9. The lowest BCUT2D eigenvalue weighted by molar-refractivity contribution is 0.102. The summed E-state index contributed by atoms with van der Waals surface area (Å²) in [5, 5.41) is 18.3. The number of nitriles is 1. The highest BCUT2D eigenvalue weighted by atomic mass is 35.5. The van der Waals surface area contributed by atoms with Crippen LogP contribution in [0.1, 0.15) is 46.4 Å². The van der Waals surface area contributed by atoms with Gasteiger partial charge in [0.25, 0.3) is 11.8 Å². The van der Waals surface area contributed by atoms with Crippen LogP contribution in [0.25, 0.3) is 0 Å². The van der Waals surface area contributed by atoms with Crippen molar-refractivity contribution in [3.63, 3.8) is 0 Å². The Morgan fingerprint density at radius 2 is 1.68 bits per heavy atom. The molecule has 1 heterocycles. The highest BCUT2D eigenvalue weighted by Crippen LogP contribution is 2.36. The summed E-state index contributed by atoms with van der Waals surface area (Å²) in [5.41, 5.74) is 2.31. The van der Waals surface area contributed by atoms with E-state index >= 15 is 0 Å². The summed E-state index contributed by atoms with van der Waals surface area (Å²) in [6, 6.07) is 17.1. The molecule has 0 atom stereocenters. The molecule has 0 saturated heterocycles. The molecule has 0 aliphatic heterocycles. The fourth-order valence-electron chi connectivity index (χ4n) is 3.12. The predicted molar refractivity (Wildman–Crippen MR) is 154 cm³/mol. The number of benzene rings is 2. The van der Waals surface area contributed by atoms with E-state index < -0.39 is 20.1 Å². The van der Waals surface area contributed by atoms with Crippen molar-refractivity contribution in [1.29, 1.82) is 5.26 Å². The van der Waals surface area contributed by atoms with Crippen molar-refractivity contribution in [3.8, 4) is 6.07 Å². The van der Waals surface area contributed by atoms with Gasteiger partial charge < -0.3 is 20.4 Å². The SMILES string of the molecule is CC(C)(C)[Si](C)(C)OCCNc1ccc(NC(=O)c2ccc(C#N)cc2NC(=O)c2ccc(Cl)s2)cc1. The van der Waals surface area contributed by atoms with Crippen LogP contribution < -0.4 is 16.0 Å². The number of halogens is 1. The van der Waals surface area contributed by atoms with Crippen LogP contribution in [0.5, 0.6) is 0 Å². The van der Waals surface area contributed by atoms with E-state index in [-0.39, 0.29) is 16.3 Å².